The van der Waals surface area contributed by atoms with Crippen LogP contribution in [-0.4, -0.2) is 0 Å². The Balaban J connectivity index is 1.58. The smallest absolute Gasteiger partial charge is 0.00761 e. The van der Waals surface area contributed by atoms with E-state index in [2.05, 4.69) is 263 Å². The molecular formula is C82H126. The van der Waals surface area contributed by atoms with Crippen LogP contribution in [0.3, 0.4) is 0 Å². The minimum atomic E-state index is -0.258. The second kappa shape index (κ2) is 19.1. The van der Waals surface area contributed by atoms with Gasteiger partial charge in [0.05, 0.1) is 0 Å². The SMILES string of the molecule is C=C1C2=C(C3=C(C)C(C)=C(C4=C(C)c5c(c(C(C)(C)C(C)(C)C(C)(C)C(C)(C)C(C)(C)C(C)(C)C)c6c(c5C(C)(C)C(C)(C)C(C)(C)C(C)(C)C(C)(C)C(C)(C)C)C(C)C(C)=C6C)C4C)C3)C(C)C(=C)C2=C(C2=C(C)C(C)=C(C)C2)C1C. The van der Waals surface area contributed by atoms with Gasteiger partial charge in [0, 0.05) is 23.7 Å². The molecule has 1 aromatic rings. The first-order chi connectivity index (χ1) is 36.5. The van der Waals surface area contributed by atoms with Crippen LogP contribution in [0, 0.1) is 66.0 Å². The quantitative estimate of drug-likeness (QED) is 0.185. The summed E-state index contributed by atoms with van der Waals surface area (Å²) in [5, 5.41) is 0. The summed E-state index contributed by atoms with van der Waals surface area (Å²) in [6, 6.07) is 0. The van der Waals surface area contributed by atoms with Crippen LogP contribution in [0.5, 0.6) is 0 Å². The molecule has 0 saturated carbocycles. The number of hydrogen-bond acceptors (Lipinski definition) is 0. The van der Waals surface area contributed by atoms with Crippen molar-refractivity contribution in [1.29, 1.82) is 0 Å². The first kappa shape index (κ1) is 66.2. The van der Waals surface area contributed by atoms with Gasteiger partial charge in [0.25, 0.3) is 0 Å². The molecule has 0 bridgehead atoms. The van der Waals surface area contributed by atoms with E-state index >= 15 is 0 Å². The zero-order chi connectivity index (χ0) is 63.6. The molecule has 1 aromatic carbocycles. The number of rotatable bonds is 13. The lowest BCUT2D eigenvalue weighted by Crippen LogP contribution is -2.60. The first-order valence-electron chi connectivity index (χ1n) is 32.7. The summed E-state index contributed by atoms with van der Waals surface area (Å²) in [6.45, 7) is 107. The molecule has 82 heavy (non-hydrogen) atoms. The molecule has 0 aromatic heterocycles. The molecule has 0 nitrogen and oxygen atoms in total. The topological polar surface area (TPSA) is 0 Å². The van der Waals surface area contributed by atoms with E-state index in [9.17, 15) is 0 Å². The Labute approximate surface area is 508 Å². The standard InChI is InChI=1S/C82H126/c1-43-41-57(46(4)44(43)2)61-51(9)53(11)64-62(52(10)54(12)63(61)64)59-42-58(47(5)48(59)6)60-55(13)67-68(56(60)14)70(74(23,24)78(31,32)82(39,40)80(35,36)76(27,28)72(18,19)20)66-50(8)45(3)49(7)65(66)69(67)73(21,22)77(29,30)81(37,38)79(33,34)75(25,26)71(15,16)17/h49,51-52,56H,11-12,41-42H2,1-10,13-40H3. The van der Waals surface area contributed by atoms with Crippen LogP contribution in [0.1, 0.15) is 321 Å². The summed E-state index contributed by atoms with van der Waals surface area (Å²) in [5.74, 6) is 0.969. The van der Waals surface area contributed by atoms with Crippen molar-refractivity contribution in [3.63, 3.8) is 0 Å². The maximum absolute atomic E-state index is 4.99. The highest BCUT2D eigenvalue weighted by molar-refractivity contribution is 5.93. The monoisotopic (exact) mass is 1110 g/mol. The zero-order valence-electron chi connectivity index (χ0n) is 61.1. The van der Waals surface area contributed by atoms with Gasteiger partial charge in [0.15, 0.2) is 0 Å². The van der Waals surface area contributed by atoms with E-state index in [1.54, 1.807) is 50.1 Å². The van der Waals surface area contributed by atoms with Crippen LogP contribution in [0.4, 0.5) is 0 Å². The molecular weight excluding hydrogens is 985 g/mol. The van der Waals surface area contributed by atoms with E-state index in [1.165, 1.54) is 83.6 Å². The second-order valence-electron chi connectivity index (χ2n) is 36.0. The molecule has 6 aliphatic rings. The van der Waals surface area contributed by atoms with E-state index in [-0.39, 0.29) is 88.7 Å². The fourth-order valence-corrected chi connectivity index (χ4v) is 18.6. The van der Waals surface area contributed by atoms with Crippen molar-refractivity contribution in [3.05, 3.63) is 136 Å². The summed E-state index contributed by atoms with van der Waals surface area (Å²) in [7, 11) is 0. The molecule has 454 valence electrons. The summed E-state index contributed by atoms with van der Waals surface area (Å²) in [6.07, 6.45) is 1.98. The van der Waals surface area contributed by atoms with Gasteiger partial charge in [0.2, 0.25) is 0 Å². The third kappa shape index (κ3) is 7.96. The predicted octanol–water partition coefficient (Wildman–Crippen LogP) is 25.4. The van der Waals surface area contributed by atoms with Crippen molar-refractivity contribution >= 4 is 11.1 Å². The van der Waals surface area contributed by atoms with Gasteiger partial charge >= 0.3 is 0 Å². The maximum Gasteiger partial charge on any atom is 0.00761 e. The molecule has 0 heterocycles. The minimum Gasteiger partial charge on any atom is -0.0946 e. The van der Waals surface area contributed by atoms with Gasteiger partial charge in [0.1, 0.15) is 0 Å². The maximum atomic E-state index is 4.99. The first-order valence-corrected chi connectivity index (χ1v) is 32.7. The molecule has 0 radical (unpaired) electrons. The van der Waals surface area contributed by atoms with E-state index in [0.29, 0.717) is 0 Å². The lowest BCUT2D eigenvalue weighted by atomic mass is 9.38. The summed E-state index contributed by atoms with van der Waals surface area (Å²) < 4.78 is 0. The number of hydrogen-bond donors (Lipinski definition) is 0. The van der Waals surface area contributed by atoms with Gasteiger partial charge in [-0.25, -0.2) is 0 Å². The van der Waals surface area contributed by atoms with Crippen molar-refractivity contribution in [2.45, 2.75) is 299 Å². The Hall–Kier alpha value is -3.38. The molecule has 0 aliphatic heterocycles. The molecule has 0 spiro atoms. The molecule has 6 aliphatic carbocycles. The summed E-state index contributed by atoms with van der Waals surface area (Å²) >= 11 is 0. The summed E-state index contributed by atoms with van der Waals surface area (Å²) in [5.41, 5.74) is 35.3. The average Bonchev–Trinajstić information content (AvgIpc) is 4.07. The van der Waals surface area contributed by atoms with Gasteiger partial charge in [-0.15, -0.1) is 0 Å². The van der Waals surface area contributed by atoms with Crippen molar-refractivity contribution < 1.29 is 0 Å². The largest absolute Gasteiger partial charge is 0.0946 e. The fourth-order valence-electron chi connectivity index (χ4n) is 18.6. The van der Waals surface area contributed by atoms with E-state index in [1.807, 2.05) is 0 Å². The van der Waals surface area contributed by atoms with E-state index < -0.39 is 0 Å². The van der Waals surface area contributed by atoms with Crippen LogP contribution >= 0.6 is 0 Å². The highest BCUT2D eigenvalue weighted by atomic mass is 14.7. The van der Waals surface area contributed by atoms with E-state index in [4.69, 9.17) is 13.2 Å². The van der Waals surface area contributed by atoms with Gasteiger partial charge in [-0.05, 0) is 256 Å². The normalized spacial score (nSPS) is 23.5. The average molecular weight is 1110 g/mol. The van der Waals surface area contributed by atoms with Gasteiger partial charge in [-0.1, -0.05) is 232 Å². The van der Waals surface area contributed by atoms with E-state index in [0.717, 1.165) is 12.8 Å². The highest BCUT2D eigenvalue weighted by Crippen LogP contribution is 2.73. The Bertz CT molecular complexity index is 3270. The Morgan fingerprint density at radius 3 is 0.927 bits per heavy atom. The van der Waals surface area contributed by atoms with Crippen LogP contribution in [-0.2, 0) is 10.8 Å². The molecule has 7 rings (SSSR count). The molecule has 0 N–H and O–H groups in total. The van der Waals surface area contributed by atoms with Gasteiger partial charge in [-0.2, -0.15) is 0 Å². The Morgan fingerprint density at radius 1 is 0.305 bits per heavy atom. The predicted molar refractivity (Wildman–Crippen MR) is 366 cm³/mol. The Morgan fingerprint density at radius 2 is 0.598 bits per heavy atom. The van der Waals surface area contributed by atoms with Crippen molar-refractivity contribution in [2.24, 2.45) is 66.0 Å². The number of fused-ring (bicyclic) bond motifs is 3. The molecule has 0 heteroatoms. The van der Waals surface area contributed by atoms with Crippen LogP contribution in [0.2, 0.25) is 0 Å². The fraction of sp³-hybridized carbons (Fsp3) is 0.683. The molecule has 0 fully saturated rings. The van der Waals surface area contributed by atoms with Gasteiger partial charge in [-0.3, -0.25) is 0 Å². The van der Waals surface area contributed by atoms with Crippen LogP contribution in [0.15, 0.2) is 102 Å². The second-order valence-corrected chi connectivity index (χ2v) is 36.0. The van der Waals surface area contributed by atoms with Gasteiger partial charge < -0.3 is 0 Å². The van der Waals surface area contributed by atoms with Crippen molar-refractivity contribution in [1.82, 2.24) is 0 Å². The van der Waals surface area contributed by atoms with Crippen molar-refractivity contribution in [2.75, 3.05) is 0 Å². The minimum absolute atomic E-state index is 0.0272. The lowest BCUT2D eigenvalue weighted by Gasteiger charge is -2.66. The molecule has 4 atom stereocenters. The van der Waals surface area contributed by atoms with Crippen molar-refractivity contribution in [3.8, 4) is 0 Å². The molecule has 4 unspecified atom stereocenters. The number of allylic oxidation sites excluding steroid dienone is 18. The third-order valence-corrected chi connectivity index (χ3v) is 31.0. The Kier molecular flexibility index (Phi) is 15.4. The number of benzene rings is 1. The molecule has 0 amide bonds. The van der Waals surface area contributed by atoms with Crippen LogP contribution < -0.4 is 0 Å². The zero-order valence-corrected chi connectivity index (χ0v) is 61.1. The lowest BCUT2D eigenvalue weighted by molar-refractivity contribution is -0.155. The molecule has 0 saturated heterocycles. The highest BCUT2D eigenvalue weighted by Gasteiger charge is 2.65. The summed E-state index contributed by atoms with van der Waals surface area (Å²) in [4.78, 5) is 0. The third-order valence-electron chi connectivity index (χ3n) is 31.0. The van der Waals surface area contributed by atoms with Crippen LogP contribution in [0.25, 0.3) is 11.1 Å².